The highest BCUT2D eigenvalue weighted by atomic mass is 16.5. The van der Waals surface area contributed by atoms with Gasteiger partial charge in [0.1, 0.15) is 11.5 Å². The van der Waals surface area contributed by atoms with Crippen molar-refractivity contribution in [3.8, 4) is 11.5 Å². The zero-order chi connectivity index (χ0) is 14.0. The van der Waals surface area contributed by atoms with Gasteiger partial charge in [-0.15, -0.1) is 0 Å². The fourth-order valence-electron chi connectivity index (χ4n) is 2.73. The molecule has 1 N–H and O–H groups in total. The Hall–Kier alpha value is -1.18. The summed E-state index contributed by atoms with van der Waals surface area (Å²) in [6, 6.07) is 5.50. The first-order chi connectivity index (χ1) is 8.15. The van der Waals surface area contributed by atoms with Crippen LogP contribution in [0.25, 0.3) is 0 Å². The van der Waals surface area contributed by atoms with Gasteiger partial charge < -0.3 is 9.84 Å². The van der Waals surface area contributed by atoms with Crippen LogP contribution < -0.4 is 4.74 Å². The third-order valence-electron chi connectivity index (χ3n) is 2.98. The van der Waals surface area contributed by atoms with E-state index in [1.807, 2.05) is 19.1 Å². The second-order valence-electron chi connectivity index (χ2n) is 6.73. The Kier molecular flexibility index (Phi) is 4.31. The van der Waals surface area contributed by atoms with E-state index in [2.05, 4.69) is 34.6 Å². The van der Waals surface area contributed by atoms with Crippen LogP contribution in [0.1, 0.15) is 53.5 Å². The quantitative estimate of drug-likeness (QED) is 0.852. The first kappa shape index (κ1) is 14.9. The number of phenolic OH excluding ortho intramolecular Hbond substituents is 1. The van der Waals surface area contributed by atoms with Crippen LogP contribution in [0.15, 0.2) is 18.2 Å². The molecule has 18 heavy (non-hydrogen) atoms. The van der Waals surface area contributed by atoms with E-state index in [0.29, 0.717) is 12.4 Å². The second kappa shape index (κ2) is 5.21. The summed E-state index contributed by atoms with van der Waals surface area (Å²) < 4.78 is 5.52. The Labute approximate surface area is 111 Å². The third kappa shape index (κ3) is 3.94. The van der Waals surface area contributed by atoms with E-state index in [1.165, 1.54) is 0 Å². The molecule has 0 aliphatic carbocycles. The molecule has 0 atom stereocenters. The number of hydrogen-bond acceptors (Lipinski definition) is 2. The lowest BCUT2D eigenvalue weighted by molar-refractivity contribution is 0.276. The maximum atomic E-state index is 10.1. The highest BCUT2D eigenvalue weighted by molar-refractivity contribution is 5.43. The van der Waals surface area contributed by atoms with Crippen molar-refractivity contribution in [3.05, 3.63) is 23.8 Å². The smallest absolute Gasteiger partial charge is 0.119 e. The normalized spacial score (nSPS) is 12.6. The monoisotopic (exact) mass is 250 g/mol. The molecule has 102 valence electrons. The zero-order valence-electron chi connectivity index (χ0n) is 12.5. The number of phenols is 1. The lowest BCUT2D eigenvalue weighted by atomic mass is 9.72. The maximum absolute atomic E-state index is 10.1. The van der Waals surface area contributed by atoms with Gasteiger partial charge in [0, 0.05) is 5.56 Å². The van der Waals surface area contributed by atoms with Crippen LogP contribution in [-0.4, -0.2) is 11.7 Å². The summed E-state index contributed by atoms with van der Waals surface area (Å²) in [6.07, 6.45) is 1.00. The standard InChI is InChI=1S/C16H26O2/c1-7-18-12-8-9-14(17)13(10-12)16(5,6)11-15(2,3)4/h8-10,17H,7,11H2,1-6H3. The summed E-state index contributed by atoms with van der Waals surface area (Å²) in [5, 5.41) is 10.1. The molecule has 2 heteroatoms. The molecule has 1 rings (SSSR count). The third-order valence-corrected chi connectivity index (χ3v) is 2.98. The first-order valence-corrected chi connectivity index (χ1v) is 6.62. The number of rotatable bonds is 4. The molecule has 0 radical (unpaired) electrons. The Balaban J connectivity index is 3.10. The van der Waals surface area contributed by atoms with Gasteiger partial charge in [0.2, 0.25) is 0 Å². The lowest BCUT2D eigenvalue weighted by Gasteiger charge is -2.33. The van der Waals surface area contributed by atoms with Crippen LogP contribution in [0.4, 0.5) is 0 Å². The number of benzene rings is 1. The molecule has 0 saturated carbocycles. The maximum Gasteiger partial charge on any atom is 0.119 e. The number of ether oxygens (including phenoxy) is 1. The van der Waals surface area contributed by atoms with E-state index in [1.54, 1.807) is 6.07 Å². The van der Waals surface area contributed by atoms with Crippen molar-refractivity contribution >= 4 is 0 Å². The van der Waals surface area contributed by atoms with E-state index in [9.17, 15) is 5.11 Å². The highest BCUT2D eigenvalue weighted by Gasteiger charge is 2.29. The molecule has 0 amide bonds. The summed E-state index contributed by atoms with van der Waals surface area (Å²) in [5.74, 6) is 1.18. The van der Waals surface area contributed by atoms with Gasteiger partial charge in [-0.25, -0.2) is 0 Å². The number of aromatic hydroxyl groups is 1. The molecule has 0 fully saturated rings. The van der Waals surface area contributed by atoms with E-state index in [0.717, 1.165) is 17.7 Å². The molecule has 0 saturated heterocycles. The minimum atomic E-state index is -0.0740. The minimum Gasteiger partial charge on any atom is -0.508 e. The fourth-order valence-corrected chi connectivity index (χ4v) is 2.73. The second-order valence-corrected chi connectivity index (χ2v) is 6.73. The van der Waals surface area contributed by atoms with Crippen LogP contribution in [0, 0.1) is 5.41 Å². The largest absolute Gasteiger partial charge is 0.508 e. The molecular weight excluding hydrogens is 224 g/mol. The predicted octanol–water partition coefficient (Wildman–Crippen LogP) is 4.50. The van der Waals surface area contributed by atoms with Crippen molar-refractivity contribution in [2.75, 3.05) is 6.61 Å². The van der Waals surface area contributed by atoms with Crippen LogP contribution >= 0.6 is 0 Å². The van der Waals surface area contributed by atoms with Gasteiger partial charge in [-0.2, -0.15) is 0 Å². The Bertz CT molecular complexity index is 400. The van der Waals surface area contributed by atoms with Crippen molar-refractivity contribution in [1.29, 1.82) is 0 Å². The average Bonchev–Trinajstić information content (AvgIpc) is 2.17. The molecule has 0 aliphatic heterocycles. The molecule has 0 bridgehead atoms. The van der Waals surface area contributed by atoms with Gasteiger partial charge in [0.05, 0.1) is 6.61 Å². The van der Waals surface area contributed by atoms with E-state index < -0.39 is 0 Å². The molecule has 0 aliphatic rings. The Morgan fingerprint density at radius 3 is 2.22 bits per heavy atom. The number of hydrogen-bond donors (Lipinski definition) is 1. The van der Waals surface area contributed by atoms with Gasteiger partial charge >= 0.3 is 0 Å². The van der Waals surface area contributed by atoms with Gasteiger partial charge in [-0.05, 0) is 42.4 Å². The molecular formula is C16H26O2. The molecule has 1 aromatic rings. The molecule has 0 spiro atoms. The topological polar surface area (TPSA) is 29.5 Å². The average molecular weight is 250 g/mol. The van der Waals surface area contributed by atoms with Gasteiger partial charge in [-0.1, -0.05) is 34.6 Å². The molecule has 0 heterocycles. The minimum absolute atomic E-state index is 0.0740. The van der Waals surface area contributed by atoms with E-state index in [-0.39, 0.29) is 10.8 Å². The zero-order valence-corrected chi connectivity index (χ0v) is 12.5. The van der Waals surface area contributed by atoms with Gasteiger partial charge in [0.25, 0.3) is 0 Å². The SMILES string of the molecule is CCOc1ccc(O)c(C(C)(C)CC(C)(C)C)c1. The predicted molar refractivity (Wildman–Crippen MR) is 76.4 cm³/mol. The van der Waals surface area contributed by atoms with Crippen molar-refractivity contribution < 1.29 is 9.84 Å². The van der Waals surface area contributed by atoms with Crippen LogP contribution in [0.5, 0.6) is 11.5 Å². The lowest BCUT2D eigenvalue weighted by Crippen LogP contribution is -2.25. The van der Waals surface area contributed by atoms with Crippen LogP contribution in [-0.2, 0) is 5.41 Å². The van der Waals surface area contributed by atoms with Crippen molar-refractivity contribution in [1.82, 2.24) is 0 Å². The van der Waals surface area contributed by atoms with E-state index >= 15 is 0 Å². The van der Waals surface area contributed by atoms with Crippen molar-refractivity contribution in [2.45, 2.75) is 53.4 Å². The van der Waals surface area contributed by atoms with Crippen LogP contribution in [0.2, 0.25) is 0 Å². The summed E-state index contributed by atoms with van der Waals surface area (Å²) in [6.45, 7) is 13.6. The first-order valence-electron chi connectivity index (χ1n) is 6.62. The van der Waals surface area contributed by atoms with Crippen molar-refractivity contribution in [2.24, 2.45) is 5.41 Å². The molecule has 1 aromatic carbocycles. The van der Waals surface area contributed by atoms with Gasteiger partial charge in [0.15, 0.2) is 0 Å². The molecule has 2 nitrogen and oxygen atoms in total. The highest BCUT2D eigenvalue weighted by Crippen LogP contribution is 2.41. The summed E-state index contributed by atoms with van der Waals surface area (Å²) in [7, 11) is 0. The summed E-state index contributed by atoms with van der Waals surface area (Å²) in [5.41, 5.74) is 1.11. The molecule has 0 unspecified atom stereocenters. The summed E-state index contributed by atoms with van der Waals surface area (Å²) in [4.78, 5) is 0. The van der Waals surface area contributed by atoms with E-state index in [4.69, 9.17) is 4.74 Å². The Morgan fingerprint density at radius 1 is 1.11 bits per heavy atom. The van der Waals surface area contributed by atoms with Gasteiger partial charge in [-0.3, -0.25) is 0 Å². The Morgan fingerprint density at radius 2 is 1.72 bits per heavy atom. The van der Waals surface area contributed by atoms with Crippen LogP contribution in [0.3, 0.4) is 0 Å². The fraction of sp³-hybridized carbons (Fsp3) is 0.625. The van der Waals surface area contributed by atoms with Crippen molar-refractivity contribution in [3.63, 3.8) is 0 Å². The summed E-state index contributed by atoms with van der Waals surface area (Å²) >= 11 is 0. The molecule has 0 aromatic heterocycles.